The van der Waals surface area contributed by atoms with Crippen LogP contribution in [0.25, 0.3) is 11.3 Å². The summed E-state index contributed by atoms with van der Waals surface area (Å²) in [4.78, 5) is 12.5. The molecule has 0 atom stereocenters. The molecule has 0 saturated heterocycles. The molecule has 1 aromatic heterocycles. The fraction of sp³-hybridized carbons (Fsp3) is 0.444. The number of ether oxygens (including phenoxy) is 1. The molecule has 0 aliphatic heterocycles. The number of amides is 1. The Morgan fingerprint density at radius 2 is 2.00 bits per heavy atom. The van der Waals surface area contributed by atoms with Gasteiger partial charge in [0.1, 0.15) is 17.0 Å². The molecular weight excluding hydrogens is 363 g/mol. The van der Waals surface area contributed by atoms with Gasteiger partial charge in [-0.25, -0.2) is 0 Å². The van der Waals surface area contributed by atoms with Crippen molar-refractivity contribution in [2.45, 2.75) is 27.2 Å². The molecule has 0 spiro atoms. The second-order valence-corrected chi connectivity index (χ2v) is 6.95. The van der Waals surface area contributed by atoms with Crippen LogP contribution in [0.2, 0.25) is 10.0 Å². The van der Waals surface area contributed by atoms with E-state index in [9.17, 15) is 4.79 Å². The zero-order valence-corrected chi connectivity index (χ0v) is 16.1. The van der Waals surface area contributed by atoms with E-state index in [4.69, 9.17) is 32.5 Å². The van der Waals surface area contributed by atoms with E-state index in [2.05, 4.69) is 24.3 Å². The van der Waals surface area contributed by atoms with Crippen LogP contribution in [0.3, 0.4) is 0 Å². The number of nitrogens with zero attached hydrogens (tertiary/aromatic N) is 1. The third kappa shape index (κ3) is 5.21. The number of carbonyl (C=O) groups excluding carboxylic acids is 1. The van der Waals surface area contributed by atoms with Crippen LogP contribution in [0.5, 0.6) is 0 Å². The van der Waals surface area contributed by atoms with Crippen LogP contribution >= 0.6 is 23.2 Å². The van der Waals surface area contributed by atoms with Crippen LogP contribution in [-0.4, -0.2) is 30.8 Å². The van der Waals surface area contributed by atoms with Crippen LogP contribution < -0.4 is 5.32 Å². The summed E-state index contributed by atoms with van der Waals surface area (Å²) in [6.45, 7) is 7.69. The van der Waals surface area contributed by atoms with Crippen LogP contribution in [0.1, 0.15) is 36.4 Å². The van der Waals surface area contributed by atoms with Crippen molar-refractivity contribution in [3.63, 3.8) is 0 Å². The second kappa shape index (κ2) is 9.22. The average molecular weight is 385 g/mol. The van der Waals surface area contributed by atoms with Gasteiger partial charge in [-0.15, -0.1) is 0 Å². The Labute approximate surface area is 157 Å². The van der Waals surface area contributed by atoms with Crippen molar-refractivity contribution in [1.82, 2.24) is 10.5 Å². The van der Waals surface area contributed by atoms with E-state index in [0.29, 0.717) is 58.3 Å². The number of halogens is 2. The Morgan fingerprint density at radius 3 is 2.64 bits per heavy atom. The summed E-state index contributed by atoms with van der Waals surface area (Å²) in [5, 5.41) is 7.66. The van der Waals surface area contributed by atoms with Gasteiger partial charge < -0.3 is 14.6 Å². The molecule has 0 unspecified atom stereocenters. The first kappa shape index (κ1) is 19.8. The molecule has 0 aliphatic carbocycles. The predicted molar refractivity (Wildman–Crippen MR) is 99.3 cm³/mol. The zero-order valence-electron chi connectivity index (χ0n) is 14.6. The number of hydrogen-bond acceptors (Lipinski definition) is 4. The quantitative estimate of drug-likeness (QED) is 0.666. The topological polar surface area (TPSA) is 64.4 Å². The number of hydrogen-bond donors (Lipinski definition) is 1. The molecule has 7 heteroatoms. The molecule has 1 N–H and O–H groups in total. The van der Waals surface area contributed by atoms with E-state index in [1.54, 1.807) is 25.1 Å². The van der Waals surface area contributed by atoms with Crippen molar-refractivity contribution in [3.05, 3.63) is 39.6 Å². The Balaban J connectivity index is 2.05. The number of nitrogens with one attached hydrogen (secondary N) is 1. The number of benzene rings is 1. The van der Waals surface area contributed by atoms with Crippen molar-refractivity contribution in [2.24, 2.45) is 5.92 Å². The van der Waals surface area contributed by atoms with Crippen molar-refractivity contribution < 1.29 is 14.1 Å². The molecule has 5 nitrogen and oxygen atoms in total. The highest BCUT2D eigenvalue weighted by atomic mass is 35.5. The molecule has 0 bridgehead atoms. The zero-order chi connectivity index (χ0) is 18.4. The highest BCUT2D eigenvalue weighted by Crippen LogP contribution is 2.36. The van der Waals surface area contributed by atoms with Gasteiger partial charge in [0.2, 0.25) is 0 Å². The maximum absolute atomic E-state index is 12.5. The fourth-order valence-electron chi connectivity index (χ4n) is 2.32. The van der Waals surface area contributed by atoms with E-state index >= 15 is 0 Å². The molecule has 1 heterocycles. The number of carbonyl (C=O) groups is 1. The van der Waals surface area contributed by atoms with Crippen molar-refractivity contribution in [2.75, 3.05) is 19.8 Å². The van der Waals surface area contributed by atoms with Gasteiger partial charge in [-0.05, 0) is 31.4 Å². The Kier molecular flexibility index (Phi) is 7.29. The Hall–Kier alpha value is -1.56. The van der Waals surface area contributed by atoms with Crippen LogP contribution in [-0.2, 0) is 4.74 Å². The summed E-state index contributed by atoms with van der Waals surface area (Å²) in [5.74, 6) is 0.644. The molecule has 25 heavy (non-hydrogen) atoms. The molecule has 1 amide bonds. The summed E-state index contributed by atoms with van der Waals surface area (Å²) >= 11 is 12.4. The predicted octanol–water partition coefficient (Wildman–Crippen LogP) is 4.75. The smallest absolute Gasteiger partial charge is 0.257 e. The molecule has 136 valence electrons. The average Bonchev–Trinajstić information content (AvgIpc) is 2.91. The molecule has 2 rings (SSSR count). The Bertz CT molecular complexity index is 709. The van der Waals surface area contributed by atoms with Gasteiger partial charge in [0.05, 0.1) is 10.0 Å². The maximum Gasteiger partial charge on any atom is 0.257 e. The summed E-state index contributed by atoms with van der Waals surface area (Å²) in [6, 6.07) is 5.12. The summed E-state index contributed by atoms with van der Waals surface area (Å²) < 4.78 is 10.7. The van der Waals surface area contributed by atoms with Gasteiger partial charge >= 0.3 is 0 Å². The lowest BCUT2D eigenvalue weighted by Gasteiger charge is -2.09. The van der Waals surface area contributed by atoms with Gasteiger partial charge in [-0.2, -0.15) is 0 Å². The van der Waals surface area contributed by atoms with Crippen LogP contribution in [0.4, 0.5) is 0 Å². The largest absolute Gasteiger partial charge is 0.381 e. The van der Waals surface area contributed by atoms with E-state index in [1.807, 2.05) is 0 Å². The standard InChI is InChI=1S/C18H22Cl2N2O3/c1-11(2)10-24-9-5-8-21-18(23)15-12(3)25-22-17(15)16-13(19)6-4-7-14(16)20/h4,6-7,11H,5,8-10H2,1-3H3,(H,21,23). The minimum Gasteiger partial charge on any atom is -0.381 e. The molecule has 0 aliphatic rings. The molecule has 1 aromatic carbocycles. The molecule has 2 aromatic rings. The van der Waals surface area contributed by atoms with E-state index in [0.717, 1.165) is 6.42 Å². The van der Waals surface area contributed by atoms with Gasteiger partial charge in [0, 0.05) is 25.3 Å². The molecule has 0 saturated carbocycles. The van der Waals surface area contributed by atoms with Crippen LogP contribution in [0.15, 0.2) is 22.7 Å². The molecule has 0 fully saturated rings. The van der Waals surface area contributed by atoms with Gasteiger partial charge in [-0.3, -0.25) is 4.79 Å². The number of aryl methyl sites for hydroxylation is 1. The minimum absolute atomic E-state index is 0.270. The lowest BCUT2D eigenvalue weighted by atomic mass is 10.1. The van der Waals surface area contributed by atoms with Crippen molar-refractivity contribution in [3.8, 4) is 11.3 Å². The third-order valence-electron chi connectivity index (χ3n) is 3.49. The number of aromatic nitrogens is 1. The SMILES string of the molecule is Cc1onc(-c2c(Cl)cccc2Cl)c1C(=O)NCCCOCC(C)C. The first-order chi connectivity index (χ1) is 11.9. The first-order valence-corrected chi connectivity index (χ1v) is 8.94. The second-order valence-electron chi connectivity index (χ2n) is 6.14. The Morgan fingerprint density at radius 1 is 1.32 bits per heavy atom. The van der Waals surface area contributed by atoms with E-state index in [-0.39, 0.29) is 5.91 Å². The monoisotopic (exact) mass is 384 g/mol. The third-order valence-corrected chi connectivity index (χ3v) is 4.12. The van der Waals surface area contributed by atoms with E-state index < -0.39 is 0 Å². The number of rotatable bonds is 8. The lowest BCUT2D eigenvalue weighted by molar-refractivity contribution is 0.0924. The van der Waals surface area contributed by atoms with Gasteiger partial charge in [-0.1, -0.05) is 48.3 Å². The normalized spacial score (nSPS) is 11.1. The molecular formula is C18H22Cl2N2O3. The molecule has 0 radical (unpaired) electrons. The summed E-state index contributed by atoms with van der Waals surface area (Å²) in [7, 11) is 0. The van der Waals surface area contributed by atoms with Crippen molar-refractivity contribution >= 4 is 29.1 Å². The summed E-state index contributed by atoms with van der Waals surface area (Å²) in [5.41, 5.74) is 1.19. The fourth-order valence-corrected chi connectivity index (χ4v) is 2.89. The van der Waals surface area contributed by atoms with Gasteiger partial charge in [0.25, 0.3) is 5.91 Å². The lowest BCUT2D eigenvalue weighted by Crippen LogP contribution is -2.26. The van der Waals surface area contributed by atoms with E-state index in [1.165, 1.54) is 0 Å². The first-order valence-electron chi connectivity index (χ1n) is 8.18. The highest BCUT2D eigenvalue weighted by molar-refractivity contribution is 6.39. The maximum atomic E-state index is 12.5. The minimum atomic E-state index is -0.270. The van der Waals surface area contributed by atoms with Gasteiger partial charge in [0.15, 0.2) is 0 Å². The summed E-state index contributed by atoms with van der Waals surface area (Å²) in [6.07, 6.45) is 0.727. The highest BCUT2D eigenvalue weighted by Gasteiger charge is 2.24. The van der Waals surface area contributed by atoms with Crippen molar-refractivity contribution in [1.29, 1.82) is 0 Å². The van der Waals surface area contributed by atoms with Crippen LogP contribution in [0, 0.1) is 12.8 Å².